The Bertz CT molecular complexity index is 890. The van der Waals surface area contributed by atoms with Crippen molar-refractivity contribution in [3.63, 3.8) is 0 Å². The van der Waals surface area contributed by atoms with Gasteiger partial charge in [0.1, 0.15) is 5.75 Å². The van der Waals surface area contributed by atoms with E-state index in [0.717, 1.165) is 12.0 Å². The van der Waals surface area contributed by atoms with Crippen molar-refractivity contribution in [2.45, 2.75) is 32.6 Å². The smallest absolute Gasteiger partial charge is 0.343 e. The number of sulfonamides is 1. The van der Waals surface area contributed by atoms with E-state index in [1.54, 1.807) is 30.3 Å². The number of benzene rings is 2. The average Bonchev–Trinajstić information content (AvgIpc) is 3.00. The number of hydrogen-bond acceptors (Lipinski definition) is 4. The van der Waals surface area contributed by atoms with E-state index in [1.807, 2.05) is 18.2 Å². The minimum Gasteiger partial charge on any atom is -0.423 e. The zero-order chi connectivity index (χ0) is 18.7. The summed E-state index contributed by atoms with van der Waals surface area (Å²) in [6, 6.07) is 14.1. The number of anilines is 1. The summed E-state index contributed by atoms with van der Waals surface area (Å²) >= 11 is 0. The number of carbonyl (C=O) groups is 1. The molecule has 1 saturated heterocycles. The SMILES string of the molecule is CCC(C)c1ccccc1OC(=O)c1ccc(N2CCCS2(=O)=O)cc1. The summed E-state index contributed by atoms with van der Waals surface area (Å²) < 4.78 is 31.0. The number of hydrogen-bond donors (Lipinski definition) is 0. The van der Waals surface area contributed by atoms with Crippen LogP contribution >= 0.6 is 0 Å². The van der Waals surface area contributed by atoms with E-state index in [9.17, 15) is 13.2 Å². The van der Waals surface area contributed by atoms with Crippen LogP contribution < -0.4 is 9.04 Å². The highest BCUT2D eigenvalue weighted by Crippen LogP contribution is 2.29. The molecule has 0 bridgehead atoms. The molecule has 0 amide bonds. The van der Waals surface area contributed by atoms with Crippen molar-refractivity contribution >= 4 is 21.7 Å². The Morgan fingerprint density at radius 1 is 1.15 bits per heavy atom. The van der Waals surface area contributed by atoms with Gasteiger partial charge in [-0.05, 0) is 54.7 Å². The van der Waals surface area contributed by atoms with Gasteiger partial charge in [-0.15, -0.1) is 0 Å². The summed E-state index contributed by atoms with van der Waals surface area (Å²) in [5.74, 6) is 0.583. The first-order chi connectivity index (χ1) is 12.4. The van der Waals surface area contributed by atoms with Gasteiger partial charge < -0.3 is 4.74 Å². The molecule has 26 heavy (non-hydrogen) atoms. The summed E-state index contributed by atoms with van der Waals surface area (Å²) in [5.41, 5.74) is 1.98. The fourth-order valence-electron chi connectivity index (χ4n) is 3.05. The van der Waals surface area contributed by atoms with Crippen molar-refractivity contribution in [3.8, 4) is 5.75 Å². The summed E-state index contributed by atoms with van der Waals surface area (Å²) in [4.78, 5) is 12.5. The largest absolute Gasteiger partial charge is 0.423 e. The predicted molar refractivity (Wildman–Crippen MR) is 102 cm³/mol. The zero-order valence-electron chi connectivity index (χ0n) is 15.0. The summed E-state index contributed by atoms with van der Waals surface area (Å²) in [6.45, 7) is 4.67. The highest BCUT2D eigenvalue weighted by molar-refractivity contribution is 7.93. The minimum atomic E-state index is -3.22. The van der Waals surface area contributed by atoms with E-state index in [-0.39, 0.29) is 5.75 Å². The topological polar surface area (TPSA) is 63.7 Å². The quantitative estimate of drug-likeness (QED) is 0.588. The van der Waals surface area contributed by atoms with Crippen LogP contribution in [0.1, 0.15) is 48.5 Å². The van der Waals surface area contributed by atoms with Crippen molar-refractivity contribution in [2.24, 2.45) is 0 Å². The zero-order valence-corrected chi connectivity index (χ0v) is 15.8. The van der Waals surface area contributed by atoms with Crippen molar-refractivity contribution in [2.75, 3.05) is 16.6 Å². The third-order valence-electron chi connectivity index (χ3n) is 4.76. The molecule has 1 unspecified atom stereocenters. The first kappa shape index (κ1) is 18.5. The van der Waals surface area contributed by atoms with Crippen LogP contribution in [-0.2, 0) is 10.0 Å². The van der Waals surface area contributed by atoms with Gasteiger partial charge in [0.25, 0.3) is 0 Å². The van der Waals surface area contributed by atoms with Crippen molar-refractivity contribution in [1.82, 2.24) is 0 Å². The van der Waals surface area contributed by atoms with Gasteiger partial charge in [0.05, 0.1) is 17.0 Å². The van der Waals surface area contributed by atoms with Crippen molar-refractivity contribution in [3.05, 3.63) is 59.7 Å². The molecule has 1 aliphatic heterocycles. The average molecular weight is 373 g/mol. The lowest BCUT2D eigenvalue weighted by molar-refractivity contribution is 0.0732. The van der Waals surface area contributed by atoms with Crippen LogP contribution in [0.5, 0.6) is 5.75 Å². The standard InChI is InChI=1S/C20H23NO4S/c1-3-15(2)18-7-4-5-8-19(18)25-20(22)16-9-11-17(12-10-16)21-13-6-14-26(21,23)24/h4-5,7-12,15H,3,6,13-14H2,1-2H3. The highest BCUT2D eigenvalue weighted by atomic mass is 32.2. The van der Waals surface area contributed by atoms with Crippen LogP contribution in [0, 0.1) is 0 Å². The van der Waals surface area contributed by atoms with Crippen LogP contribution in [0.25, 0.3) is 0 Å². The van der Waals surface area contributed by atoms with Crippen LogP contribution in [0.15, 0.2) is 48.5 Å². The molecule has 5 nitrogen and oxygen atoms in total. The van der Waals surface area contributed by atoms with Gasteiger partial charge in [0.2, 0.25) is 10.0 Å². The molecule has 1 aliphatic rings. The second-order valence-electron chi connectivity index (χ2n) is 6.53. The Morgan fingerprint density at radius 2 is 1.85 bits per heavy atom. The Labute approximate surface area is 154 Å². The number of carbonyl (C=O) groups excluding carboxylic acids is 1. The molecule has 1 atom stereocenters. The maximum atomic E-state index is 12.5. The lowest BCUT2D eigenvalue weighted by Crippen LogP contribution is -2.25. The molecule has 0 aliphatic carbocycles. The molecule has 1 fully saturated rings. The van der Waals surface area contributed by atoms with Crippen molar-refractivity contribution < 1.29 is 17.9 Å². The van der Waals surface area contributed by atoms with Gasteiger partial charge >= 0.3 is 5.97 Å². The fourth-order valence-corrected chi connectivity index (χ4v) is 4.62. The van der Waals surface area contributed by atoms with E-state index in [4.69, 9.17) is 4.74 Å². The molecular formula is C20H23NO4S. The van der Waals surface area contributed by atoms with E-state index < -0.39 is 16.0 Å². The van der Waals surface area contributed by atoms with Gasteiger partial charge in [0, 0.05) is 6.54 Å². The van der Waals surface area contributed by atoms with E-state index in [1.165, 1.54) is 4.31 Å². The fraction of sp³-hybridized carbons (Fsp3) is 0.350. The van der Waals surface area contributed by atoms with Crippen molar-refractivity contribution in [1.29, 1.82) is 0 Å². The Balaban J connectivity index is 1.77. The molecule has 0 spiro atoms. The first-order valence-corrected chi connectivity index (χ1v) is 10.4. The summed E-state index contributed by atoms with van der Waals surface area (Å²) in [6.07, 6.45) is 1.58. The Kier molecular flexibility index (Phi) is 5.32. The molecular weight excluding hydrogens is 350 g/mol. The first-order valence-electron chi connectivity index (χ1n) is 8.84. The molecule has 3 rings (SSSR count). The van der Waals surface area contributed by atoms with Gasteiger partial charge in [-0.1, -0.05) is 32.0 Å². The van der Waals surface area contributed by atoms with Crippen LogP contribution in [0.3, 0.4) is 0 Å². The minimum absolute atomic E-state index is 0.170. The summed E-state index contributed by atoms with van der Waals surface area (Å²) in [7, 11) is -3.22. The third-order valence-corrected chi connectivity index (χ3v) is 6.62. The van der Waals surface area contributed by atoms with Gasteiger partial charge in [-0.2, -0.15) is 0 Å². The highest BCUT2D eigenvalue weighted by Gasteiger charge is 2.28. The number of ether oxygens (including phenoxy) is 1. The van der Waals surface area contributed by atoms with Crippen LogP contribution in [-0.4, -0.2) is 26.7 Å². The normalized spacial score (nSPS) is 17.1. The monoisotopic (exact) mass is 373 g/mol. The number of para-hydroxylation sites is 1. The van der Waals surface area contributed by atoms with Crippen LogP contribution in [0.2, 0.25) is 0 Å². The van der Waals surface area contributed by atoms with Crippen LogP contribution in [0.4, 0.5) is 5.69 Å². The van der Waals surface area contributed by atoms with Gasteiger partial charge in [0.15, 0.2) is 0 Å². The molecule has 138 valence electrons. The Hall–Kier alpha value is -2.34. The van der Waals surface area contributed by atoms with E-state index in [2.05, 4.69) is 13.8 Å². The second kappa shape index (κ2) is 7.50. The molecule has 2 aromatic carbocycles. The molecule has 0 saturated carbocycles. The predicted octanol–water partition coefficient (Wildman–Crippen LogP) is 3.96. The number of esters is 1. The number of nitrogens with zero attached hydrogens (tertiary/aromatic N) is 1. The van der Waals surface area contributed by atoms with Gasteiger partial charge in [-0.25, -0.2) is 13.2 Å². The third kappa shape index (κ3) is 3.75. The lowest BCUT2D eigenvalue weighted by Gasteiger charge is -2.17. The maximum Gasteiger partial charge on any atom is 0.343 e. The number of rotatable bonds is 5. The lowest BCUT2D eigenvalue weighted by atomic mass is 9.98. The molecule has 0 aromatic heterocycles. The molecule has 6 heteroatoms. The summed E-state index contributed by atoms with van der Waals surface area (Å²) in [5, 5.41) is 0. The molecule has 0 radical (unpaired) electrons. The second-order valence-corrected chi connectivity index (χ2v) is 8.54. The molecule has 1 heterocycles. The maximum absolute atomic E-state index is 12.5. The van der Waals surface area contributed by atoms with E-state index >= 15 is 0 Å². The molecule has 0 N–H and O–H groups in total. The van der Waals surface area contributed by atoms with Gasteiger partial charge in [-0.3, -0.25) is 4.31 Å². The van der Waals surface area contributed by atoms with E-state index in [0.29, 0.717) is 35.9 Å². The Morgan fingerprint density at radius 3 is 2.46 bits per heavy atom. The molecule has 2 aromatic rings.